The molecule has 2 N–H and O–H groups in total. The second kappa shape index (κ2) is 3.73. The maximum atomic E-state index is 11.5. The molecular formula is C11H12N2O2. The Hall–Kier alpha value is -1.84. The van der Waals surface area contributed by atoms with Gasteiger partial charge in [-0.25, -0.2) is 0 Å². The number of para-hydroxylation sites is 1. The van der Waals surface area contributed by atoms with E-state index in [9.17, 15) is 9.59 Å². The maximum absolute atomic E-state index is 11.5. The summed E-state index contributed by atoms with van der Waals surface area (Å²) in [6, 6.07) is 7.59. The van der Waals surface area contributed by atoms with E-state index in [1.54, 1.807) is 0 Å². The van der Waals surface area contributed by atoms with Crippen LogP contribution in [0.2, 0.25) is 0 Å². The molecule has 0 saturated carbocycles. The summed E-state index contributed by atoms with van der Waals surface area (Å²) in [5, 5.41) is 0. The Bertz CT molecular complexity index is 415. The normalized spacial score (nSPS) is 14.5. The van der Waals surface area contributed by atoms with Crippen LogP contribution < -0.4 is 10.6 Å². The van der Waals surface area contributed by atoms with Crippen LogP contribution in [0, 0.1) is 0 Å². The lowest BCUT2D eigenvalue weighted by Gasteiger charge is -2.28. The maximum Gasteiger partial charge on any atom is 0.316 e. The molecule has 1 aromatic rings. The van der Waals surface area contributed by atoms with Crippen molar-refractivity contribution >= 4 is 17.5 Å². The summed E-state index contributed by atoms with van der Waals surface area (Å²) in [5.74, 6) is -1.52. The van der Waals surface area contributed by atoms with Crippen LogP contribution in [0.5, 0.6) is 0 Å². The molecule has 15 heavy (non-hydrogen) atoms. The molecular weight excluding hydrogens is 192 g/mol. The van der Waals surface area contributed by atoms with E-state index in [-0.39, 0.29) is 0 Å². The van der Waals surface area contributed by atoms with Crippen molar-refractivity contribution in [3.63, 3.8) is 0 Å². The van der Waals surface area contributed by atoms with Gasteiger partial charge in [0.25, 0.3) is 0 Å². The zero-order valence-electron chi connectivity index (χ0n) is 8.27. The largest absolute Gasteiger partial charge is 0.361 e. The molecule has 1 aromatic carbocycles. The first-order valence-corrected chi connectivity index (χ1v) is 4.89. The summed E-state index contributed by atoms with van der Waals surface area (Å²) < 4.78 is 0. The Morgan fingerprint density at radius 3 is 2.73 bits per heavy atom. The zero-order valence-corrected chi connectivity index (χ0v) is 8.27. The molecule has 4 heteroatoms. The number of carbonyl (C=O) groups excluding carboxylic acids is 2. The number of carbonyl (C=O) groups is 2. The molecule has 2 amide bonds. The number of aryl methyl sites for hydroxylation is 1. The number of hydrogen-bond donors (Lipinski definition) is 1. The molecule has 1 aliphatic rings. The summed E-state index contributed by atoms with van der Waals surface area (Å²) in [6.45, 7) is 0.568. The molecule has 1 heterocycles. The van der Waals surface area contributed by atoms with Crippen molar-refractivity contribution in [2.45, 2.75) is 12.8 Å². The van der Waals surface area contributed by atoms with E-state index >= 15 is 0 Å². The Morgan fingerprint density at radius 2 is 2.00 bits per heavy atom. The second-order valence-corrected chi connectivity index (χ2v) is 3.55. The SMILES string of the molecule is NC(=O)C(=O)N1CCCc2ccccc21. The van der Waals surface area contributed by atoms with Gasteiger partial charge in [-0.05, 0) is 24.5 Å². The number of rotatable bonds is 0. The lowest BCUT2D eigenvalue weighted by molar-refractivity contribution is -0.135. The molecule has 0 saturated heterocycles. The highest BCUT2D eigenvalue weighted by molar-refractivity contribution is 6.39. The van der Waals surface area contributed by atoms with E-state index < -0.39 is 11.8 Å². The van der Waals surface area contributed by atoms with Crippen LogP contribution in [0.25, 0.3) is 0 Å². The van der Waals surface area contributed by atoms with Gasteiger partial charge in [0.2, 0.25) is 0 Å². The van der Waals surface area contributed by atoms with Crippen molar-refractivity contribution < 1.29 is 9.59 Å². The molecule has 0 fully saturated rings. The first-order chi connectivity index (χ1) is 7.20. The van der Waals surface area contributed by atoms with Gasteiger partial charge in [-0.2, -0.15) is 0 Å². The van der Waals surface area contributed by atoms with Crippen molar-refractivity contribution in [2.75, 3.05) is 11.4 Å². The molecule has 1 aliphatic heterocycles. The third-order valence-corrected chi connectivity index (χ3v) is 2.57. The standard InChI is InChI=1S/C11H12N2O2/c12-10(14)11(15)13-7-3-5-8-4-1-2-6-9(8)13/h1-2,4,6H,3,5,7H2,(H2,12,14). The summed E-state index contributed by atoms with van der Waals surface area (Å²) >= 11 is 0. The fraction of sp³-hybridized carbons (Fsp3) is 0.273. The van der Waals surface area contributed by atoms with Gasteiger partial charge in [0.15, 0.2) is 0 Å². The quantitative estimate of drug-likeness (QED) is 0.624. The summed E-state index contributed by atoms with van der Waals surface area (Å²) in [7, 11) is 0. The molecule has 0 aromatic heterocycles. The van der Waals surface area contributed by atoms with Crippen LogP contribution in [0.4, 0.5) is 5.69 Å². The van der Waals surface area contributed by atoms with E-state index in [1.807, 2.05) is 24.3 Å². The van der Waals surface area contributed by atoms with E-state index in [2.05, 4.69) is 0 Å². The van der Waals surface area contributed by atoms with Gasteiger partial charge in [-0.15, -0.1) is 0 Å². The van der Waals surface area contributed by atoms with Gasteiger partial charge in [-0.3, -0.25) is 9.59 Å². The summed E-state index contributed by atoms with van der Waals surface area (Å²) in [4.78, 5) is 23.8. The smallest absolute Gasteiger partial charge is 0.316 e. The minimum Gasteiger partial charge on any atom is -0.361 e. The molecule has 0 bridgehead atoms. The third kappa shape index (κ3) is 1.70. The number of amides is 2. The topological polar surface area (TPSA) is 63.4 Å². The molecule has 0 spiro atoms. The van der Waals surface area contributed by atoms with E-state index in [0.29, 0.717) is 6.54 Å². The van der Waals surface area contributed by atoms with E-state index in [1.165, 1.54) is 4.90 Å². The van der Waals surface area contributed by atoms with Crippen LogP contribution >= 0.6 is 0 Å². The number of benzene rings is 1. The van der Waals surface area contributed by atoms with E-state index in [0.717, 1.165) is 24.1 Å². The van der Waals surface area contributed by atoms with Crippen LogP contribution in [-0.4, -0.2) is 18.4 Å². The number of anilines is 1. The molecule has 0 atom stereocenters. The van der Waals surface area contributed by atoms with E-state index in [4.69, 9.17) is 5.73 Å². The third-order valence-electron chi connectivity index (χ3n) is 2.57. The Labute approximate surface area is 87.7 Å². The number of nitrogens with two attached hydrogens (primary N) is 1. The molecule has 4 nitrogen and oxygen atoms in total. The fourth-order valence-corrected chi connectivity index (χ4v) is 1.88. The Balaban J connectivity index is 2.38. The Morgan fingerprint density at radius 1 is 1.27 bits per heavy atom. The lowest BCUT2D eigenvalue weighted by Crippen LogP contribution is -2.43. The van der Waals surface area contributed by atoms with Crippen molar-refractivity contribution in [1.29, 1.82) is 0 Å². The Kier molecular flexibility index (Phi) is 2.41. The lowest BCUT2D eigenvalue weighted by atomic mass is 10.0. The second-order valence-electron chi connectivity index (χ2n) is 3.55. The van der Waals surface area contributed by atoms with Gasteiger partial charge >= 0.3 is 11.8 Å². The average molecular weight is 204 g/mol. The molecule has 2 rings (SSSR count). The van der Waals surface area contributed by atoms with Gasteiger partial charge in [0.05, 0.1) is 0 Å². The molecule has 0 unspecified atom stereocenters. The van der Waals surface area contributed by atoms with Crippen LogP contribution in [-0.2, 0) is 16.0 Å². The van der Waals surface area contributed by atoms with Crippen LogP contribution in [0.15, 0.2) is 24.3 Å². The van der Waals surface area contributed by atoms with Crippen molar-refractivity contribution in [3.8, 4) is 0 Å². The fourth-order valence-electron chi connectivity index (χ4n) is 1.88. The number of nitrogens with zero attached hydrogens (tertiary/aromatic N) is 1. The monoisotopic (exact) mass is 204 g/mol. The van der Waals surface area contributed by atoms with Gasteiger partial charge in [-0.1, -0.05) is 18.2 Å². The van der Waals surface area contributed by atoms with Crippen LogP contribution in [0.1, 0.15) is 12.0 Å². The highest BCUT2D eigenvalue weighted by atomic mass is 16.2. The summed E-state index contributed by atoms with van der Waals surface area (Å²) in [6.07, 6.45) is 1.81. The number of primary amides is 1. The highest BCUT2D eigenvalue weighted by Gasteiger charge is 2.25. The molecule has 78 valence electrons. The predicted octanol–water partition coefficient (Wildman–Crippen LogP) is 0.451. The number of hydrogen-bond acceptors (Lipinski definition) is 2. The highest BCUT2D eigenvalue weighted by Crippen LogP contribution is 2.26. The van der Waals surface area contributed by atoms with Gasteiger partial charge in [0, 0.05) is 12.2 Å². The zero-order chi connectivity index (χ0) is 10.8. The molecule has 0 aliphatic carbocycles. The first-order valence-electron chi connectivity index (χ1n) is 4.89. The minimum absolute atomic E-state index is 0.568. The van der Waals surface area contributed by atoms with Crippen molar-refractivity contribution in [3.05, 3.63) is 29.8 Å². The van der Waals surface area contributed by atoms with Crippen LogP contribution in [0.3, 0.4) is 0 Å². The average Bonchev–Trinajstić information content (AvgIpc) is 2.27. The van der Waals surface area contributed by atoms with Crippen molar-refractivity contribution in [1.82, 2.24) is 0 Å². The summed E-state index contributed by atoms with van der Waals surface area (Å²) in [5.41, 5.74) is 6.90. The van der Waals surface area contributed by atoms with Crippen molar-refractivity contribution in [2.24, 2.45) is 5.73 Å². The predicted molar refractivity (Wildman–Crippen MR) is 56.3 cm³/mol. The first kappa shape index (κ1) is 9.71. The van der Waals surface area contributed by atoms with Gasteiger partial charge in [0.1, 0.15) is 0 Å². The minimum atomic E-state index is -0.897. The molecule has 0 radical (unpaired) electrons. The number of fused-ring (bicyclic) bond motifs is 1. The van der Waals surface area contributed by atoms with Gasteiger partial charge < -0.3 is 10.6 Å².